The maximum Gasteiger partial charge on any atom is 0.508 e. The molecule has 0 saturated heterocycles. The van der Waals surface area contributed by atoms with E-state index in [2.05, 4.69) is 20.8 Å². The Bertz CT molecular complexity index is 400. The summed E-state index contributed by atoms with van der Waals surface area (Å²) in [5.41, 5.74) is -0.373. The minimum atomic E-state index is -1.30. The van der Waals surface area contributed by atoms with Crippen LogP contribution in [0.3, 0.4) is 0 Å². The third-order valence-corrected chi connectivity index (χ3v) is 4.89. The van der Waals surface area contributed by atoms with Crippen LogP contribution >= 0.6 is 0 Å². The predicted molar refractivity (Wildman–Crippen MR) is 82.3 cm³/mol. The topological polar surface area (TPSA) is 65.0 Å². The summed E-state index contributed by atoms with van der Waals surface area (Å²) in [6.07, 6.45) is 6.12. The van der Waals surface area contributed by atoms with Crippen molar-refractivity contribution in [2.45, 2.75) is 90.4 Å². The molecule has 2 aliphatic rings. The monoisotopic (exact) mass is 314 g/mol. The van der Waals surface area contributed by atoms with Crippen LogP contribution < -0.4 is 0 Å². The van der Waals surface area contributed by atoms with Gasteiger partial charge in [0.15, 0.2) is 0 Å². The van der Waals surface area contributed by atoms with E-state index in [1.807, 2.05) is 6.92 Å². The second-order valence-electron chi connectivity index (χ2n) is 8.31. The minimum Gasteiger partial charge on any atom is -0.450 e. The maximum atomic E-state index is 11.2. The SMILES string of the molecule is CC1CC(C)(C)CC(OOC2(C)CCCCC2)(OC(=O)O)C1. The molecule has 0 heterocycles. The smallest absolute Gasteiger partial charge is 0.450 e. The summed E-state index contributed by atoms with van der Waals surface area (Å²) < 4.78 is 5.19. The van der Waals surface area contributed by atoms with Gasteiger partial charge in [-0.25, -0.2) is 9.68 Å². The Balaban J connectivity index is 2.09. The molecule has 5 nitrogen and oxygen atoms in total. The minimum absolute atomic E-state index is 0.0378. The summed E-state index contributed by atoms with van der Waals surface area (Å²) in [6, 6.07) is 0. The molecule has 0 radical (unpaired) electrons. The number of carbonyl (C=O) groups is 1. The molecule has 0 bridgehead atoms. The summed E-state index contributed by atoms with van der Waals surface area (Å²) in [4.78, 5) is 22.7. The largest absolute Gasteiger partial charge is 0.508 e. The highest BCUT2D eigenvalue weighted by molar-refractivity contribution is 5.57. The zero-order valence-electron chi connectivity index (χ0n) is 14.3. The first-order valence-corrected chi connectivity index (χ1v) is 8.43. The van der Waals surface area contributed by atoms with Gasteiger partial charge in [-0.2, -0.15) is 4.89 Å². The normalized spacial score (nSPS) is 34.1. The van der Waals surface area contributed by atoms with Gasteiger partial charge in [0.05, 0.1) is 0 Å². The van der Waals surface area contributed by atoms with E-state index >= 15 is 0 Å². The number of hydrogen-bond donors (Lipinski definition) is 1. The van der Waals surface area contributed by atoms with Crippen molar-refractivity contribution >= 4 is 6.16 Å². The van der Waals surface area contributed by atoms with E-state index in [0.717, 1.165) is 32.1 Å². The van der Waals surface area contributed by atoms with Crippen LogP contribution in [0.2, 0.25) is 0 Å². The van der Waals surface area contributed by atoms with Crippen LogP contribution in [0.25, 0.3) is 0 Å². The highest BCUT2D eigenvalue weighted by atomic mass is 17.2. The second kappa shape index (κ2) is 6.36. The molecule has 2 aliphatic carbocycles. The lowest BCUT2D eigenvalue weighted by Crippen LogP contribution is -2.49. The van der Waals surface area contributed by atoms with Crippen LogP contribution in [0.5, 0.6) is 0 Å². The Morgan fingerprint density at radius 2 is 1.68 bits per heavy atom. The van der Waals surface area contributed by atoms with Gasteiger partial charge < -0.3 is 9.84 Å². The predicted octanol–water partition coefficient (Wildman–Crippen LogP) is 4.89. The fourth-order valence-corrected chi connectivity index (χ4v) is 4.30. The molecule has 0 amide bonds. The highest BCUT2D eigenvalue weighted by Gasteiger charge is 2.49. The van der Waals surface area contributed by atoms with Gasteiger partial charge in [-0.15, -0.1) is 0 Å². The Morgan fingerprint density at radius 1 is 1.05 bits per heavy atom. The molecule has 5 heteroatoms. The fraction of sp³-hybridized carbons (Fsp3) is 0.941. The molecule has 2 fully saturated rings. The molecule has 2 unspecified atom stereocenters. The lowest BCUT2D eigenvalue weighted by atomic mass is 9.70. The molecule has 2 rings (SSSR count). The quantitative estimate of drug-likeness (QED) is 0.346. The van der Waals surface area contributed by atoms with Crippen LogP contribution in [0.4, 0.5) is 4.79 Å². The third kappa shape index (κ3) is 4.59. The van der Waals surface area contributed by atoms with Crippen LogP contribution in [0.15, 0.2) is 0 Å². The molecule has 1 N–H and O–H groups in total. The molecular formula is C17H30O5. The number of rotatable bonds is 4. The van der Waals surface area contributed by atoms with Gasteiger partial charge in [-0.1, -0.05) is 40.0 Å². The van der Waals surface area contributed by atoms with Gasteiger partial charge in [-0.05, 0) is 37.5 Å². The summed E-state index contributed by atoms with van der Waals surface area (Å²) in [5.74, 6) is -0.862. The van der Waals surface area contributed by atoms with Crippen molar-refractivity contribution in [1.29, 1.82) is 0 Å². The van der Waals surface area contributed by atoms with Gasteiger partial charge in [-0.3, -0.25) is 0 Å². The average molecular weight is 314 g/mol. The van der Waals surface area contributed by atoms with Crippen LogP contribution in [-0.2, 0) is 14.5 Å². The second-order valence-corrected chi connectivity index (χ2v) is 8.31. The number of carboxylic acid groups (broad SMARTS) is 1. The molecule has 0 aliphatic heterocycles. The van der Waals surface area contributed by atoms with Crippen molar-refractivity contribution in [1.82, 2.24) is 0 Å². The summed E-state index contributed by atoms with van der Waals surface area (Å²) in [6.45, 7) is 8.38. The van der Waals surface area contributed by atoms with Crippen molar-refractivity contribution in [3.05, 3.63) is 0 Å². The van der Waals surface area contributed by atoms with Crippen molar-refractivity contribution < 1.29 is 24.4 Å². The molecule has 0 aromatic heterocycles. The van der Waals surface area contributed by atoms with Gasteiger partial charge in [0, 0.05) is 12.8 Å². The zero-order chi connectivity index (χ0) is 16.4. The van der Waals surface area contributed by atoms with Crippen molar-refractivity contribution in [3.63, 3.8) is 0 Å². The van der Waals surface area contributed by atoms with E-state index in [4.69, 9.17) is 19.6 Å². The van der Waals surface area contributed by atoms with Gasteiger partial charge in [0.1, 0.15) is 5.60 Å². The lowest BCUT2D eigenvalue weighted by molar-refractivity contribution is -0.469. The summed E-state index contributed by atoms with van der Waals surface area (Å²) in [7, 11) is 0. The van der Waals surface area contributed by atoms with Crippen LogP contribution in [0, 0.1) is 11.3 Å². The fourth-order valence-electron chi connectivity index (χ4n) is 4.30. The molecule has 2 saturated carbocycles. The Morgan fingerprint density at radius 3 is 2.23 bits per heavy atom. The van der Waals surface area contributed by atoms with E-state index in [9.17, 15) is 4.79 Å². The van der Waals surface area contributed by atoms with E-state index < -0.39 is 11.9 Å². The van der Waals surface area contributed by atoms with E-state index in [1.165, 1.54) is 6.42 Å². The molecular weight excluding hydrogens is 284 g/mol. The zero-order valence-corrected chi connectivity index (χ0v) is 14.3. The number of hydrogen-bond acceptors (Lipinski definition) is 4. The number of ether oxygens (including phenoxy) is 1. The molecule has 22 heavy (non-hydrogen) atoms. The van der Waals surface area contributed by atoms with Gasteiger partial charge in [0.25, 0.3) is 0 Å². The Labute approximate surface area is 133 Å². The Hall–Kier alpha value is -0.810. The first kappa shape index (κ1) is 17.5. The van der Waals surface area contributed by atoms with E-state index in [1.54, 1.807) is 0 Å². The first-order chi connectivity index (χ1) is 10.1. The van der Waals surface area contributed by atoms with Gasteiger partial charge >= 0.3 is 6.16 Å². The highest BCUT2D eigenvalue weighted by Crippen LogP contribution is 2.47. The van der Waals surface area contributed by atoms with E-state index in [0.29, 0.717) is 18.8 Å². The molecule has 2 atom stereocenters. The molecule has 128 valence electrons. The summed E-state index contributed by atoms with van der Waals surface area (Å²) in [5, 5.41) is 9.13. The molecule has 0 aromatic carbocycles. The molecule has 0 aromatic rings. The van der Waals surface area contributed by atoms with Crippen LogP contribution in [0.1, 0.15) is 79.1 Å². The van der Waals surface area contributed by atoms with Crippen LogP contribution in [-0.4, -0.2) is 22.7 Å². The maximum absolute atomic E-state index is 11.2. The lowest BCUT2D eigenvalue weighted by Gasteiger charge is -2.46. The van der Waals surface area contributed by atoms with E-state index in [-0.39, 0.29) is 11.0 Å². The standard InChI is InChI=1S/C17H30O5/c1-13-10-15(2,3)12-17(11-13,20-14(18)19)22-21-16(4)8-6-5-7-9-16/h13H,5-12H2,1-4H3,(H,18,19). The molecule has 0 spiro atoms. The van der Waals surface area contributed by atoms with Crippen molar-refractivity contribution in [2.24, 2.45) is 11.3 Å². The third-order valence-electron chi connectivity index (χ3n) is 4.89. The summed E-state index contributed by atoms with van der Waals surface area (Å²) >= 11 is 0. The van der Waals surface area contributed by atoms with Crippen molar-refractivity contribution in [3.8, 4) is 0 Å². The average Bonchev–Trinajstić information content (AvgIpc) is 2.34. The van der Waals surface area contributed by atoms with Gasteiger partial charge in [0.2, 0.25) is 5.79 Å². The Kier molecular flexibility index (Phi) is 5.07. The first-order valence-electron chi connectivity index (χ1n) is 8.43. The van der Waals surface area contributed by atoms with Crippen molar-refractivity contribution in [2.75, 3.05) is 0 Å².